The molecule has 0 radical (unpaired) electrons. The van der Waals surface area contributed by atoms with Crippen LogP contribution in [-0.2, 0) is 6.54 Å². The number of benzene rings is 1. The monoisotopic (exact) mass is 266 g/mol. The van der Waals surface area contributed by atoms with E-state index < -0.39 is 0 Å². The van der Waals surface area contributed by atoms with Crippen molar-refractivity contribution in [2.24, 2.45) is 0 Å². The van der Waals surface area contributed by atoms with Gasteiger partial charge in [0.1, 0.15) is 0 Å². The van der Waals surface area contributed by atoms with Crippen molar-refractivity contribution in [2.75, 3.05) is 20.1 Å². The van der Waals surface area contributed by atoms with Gasteiger partial charge in [-0.25, -0.2) is 0 Å². The lowest BCUT2D eigenvalue weighted by Crippen LogP contribution is -2.03. The Labute approximate surface area is 111 Å². The molecule has 0 fully saturated rings. The number of rotatable bonds is 5. The Morgan fingerprint density at radius 3 is 2.61 bits per heavy atom. The minimum atomic E-state index is 0.530. The van der Waals surface area contributed by atoms with Crippen molar-refractivity contribution in [1.82, 2.24) is 9.78 Å². The van der Waals surface area contributed by atoms with Gasteiger partial charge in [-0.2, -0.15) is 5.10 Å². The first-order valence-electron chi connectivity index (χ1n) is 5.60. The van der Waals surface area contributed by atoms with Crippen LogP contribution in [0.15, 0.2) is 30.5 Å². The molecule has 0 saturated heterocycles. The van der Waals surface area contributed by atoms with E-state index in [0.29, 0.717) is 23.9 Å². The molecule has 1 heterocycles. The summed E-state index contributed by atoms with van der Waals surface area (Å²) in [5.74, 6) is 1.94. The lowest BCUT2D eigenvalue weighted by Gasteiger charge is -2.10. The molecule has 4 nitrogen and oxygen atoms in total. The quantitative estimate of drug-likeness (QED) is 0.781. The van der Waals surface area contributed by atoms with Crippen LogP contribution in [-0.4, -0.2) is 29.9 Å². The van der Waals surface area contributed by atoms with Crippen LogP contribution in [0.5, 0.6) is 11.5 Å². The third-order valence-corrected chi connectivity index (χ3v) is 2.86. The number of aromatic nitrogens is 2. The van der Waals surface area contributed by atoms with Crippen molar-refractivity contribution in [3.05, 3.63) is 30.5 Å². The zero-order chi connectivity index (χ0) is 13.0. The van der Waals surface area contributed by atoms with E-state index in [1.807, 2.05) is 28.9 Å². The average molecular weight is 267 g/mol. The van der Waals surface area contributed by atoms with Gasteiger partial charge in [0.05, 0.1) is 26.5 Å². The van der Waals surface area contributed by atoms with Crippen LogP contribution in [0, 0.1) is 0 Å². The summed E-state index contributed by atoms with van der Waals surface area (Å²) >= 11 is 5.75. The zero-order valence-electron chi connectivity index (χ0n) is 10.4. The molecule has 0 spiro atoms. The number of hydrogen-bond acceptors (Lipinski definition) is 3. The minimum absolute atomic E-state index is 0.530. The van der Waals surface area contributed by atoms with Gasteiger partial charge in [-0.3, -0.25) is 4.68 Å². The topological polar surface area (TPSA) is 36.3 Å². The lowest BCUT2D eigenvalue weighted by molar-refractivity contribution is 0.355. The van der Waals surface area contributed by atoms with Crippen molar-refractivity contribution in [1.29, 1.82) is 0 Å². The summed E-state index contributed by atoms with van der Waals surface area (Å²) in [6.45, 7) is 0.679. The van der Waals surface area contributed by atoms with Crippen LogP contribution in [0.4, 0.5) is 0 Å². The van der Waals surface area contributed by atoms with Gasteiger partial charge in [0, 0.05) is 17.6 Å². The van der Waals surface area contributed by atoms with Crippen LogP contribution in [0.1, 0.15) is 0 Å². The molecule has 18 heavy (non-hydrogen) atoms. The first kappa shape index (κ1) is 12.8. The van der Waals surface area contributed by atoms with Crippen molar-refractivity contribution < 1.29 is 9.47 Å². The fraction of sp³-hybridized carbons (Fsp3) is 0.308. The molecule has 0 amide bonds. The van der Waals surface area contributed by atoms with E-state index in [9.17, 15) is 0 Å². The zero-order valence-corrected chi connectivity index (χ0v) is 11.1. The van der Waals surface area contributed by atoms with Crippen molar-refractivity contribution in [3.8, 4) is 22.8 Å². The van der Waals surface area contributed by atoms with Crippen LogP contribution < -0.4 is 9.47 Å². The standard InChI is InChI=1S/C13H15ClN2O2/c1-17-12-4-3-10(9-13(12)18-2)11-5-7-15-16(11)8-6-14/h3-5,7,9H,6,8H2,1-2H3. The normalized spacial score (nSPS) is 10.4. The SMILES string of the molecule is COc1ccc(-c2ccnn2CCCl)cc1OC. The Kier molecular flexibility index (Phi) is 4.10. The van der Waals surface area contributed by atoms with Crippen LogP contribution in [0.2, 0.25) is 0 Å². The highest BCUT2D eigenvalue weighted by Gasteiger charge is 2.09. The minimum Gasteiger partial charge on any atom is -0.493 e. The summed E-state index contributed by atoms with van der Waals surface area (Å²) in [7, 11) is 3.24. The number of methoxy groups -OCH3 is 2. The molecule has 0 aliphatic carbocycles. The lowest BCUT2D eigenvalue weighted by atomic mass is 10.1. The average Bonchev–Trinajstić information content (AvgIpc) is 2.86. The summed E-state index contributed by atoms with van der Waals surface area (Å²) < 4.78 is 12.4. The first-order valence-corrected chi connectivity index (χ1v) is 6.13. The largest absolute Gasteiger partial charge is 0.493 e. The molecule has 0 bridgehead atoms. The van der Waals surface area contributed by atoms with Crippen LogP contribution in [0.3, 0.4) is 0 Å². The van der Waals surface area contributed by atoms with E-state index in [0.717, 1.165) is 11.3 Å². The first-order chi connectivity index (χ1) is 8.80. The Hall–Kier alpha value is -1.68. The van der Waals surface area contributed by atoms with Gasteiger partial charge in [0.2, 0.25) is 0 Å². The van der Waals surface area contributed by atoms with Crippen LogP contribution >= 0.6 is 11.6 Å². The number of alkyl halides is 1. The van der Waals surface area contributed by atoms with E-state index >= 15 is 0 Å². The molecule has 0 saturated carbocycles. The third-order valence-electron chi connectivity index (χ3n) is 2.69. The van der Waals surface area contributed by atoms with Gasteiger partial charge >= 0.3 is 0 Å². The van der Waals surface area contributed by atoms with Crippen molar-refractivity contribution in [2.45, 2.75) is 6.54 Å². The number of hydrogen-bond donors (Lipinski definition) is 0. The second-order valence-electron chi connectivity index (χ2n) is 3.70. The summed E-state index contributed by atoms with van der Waals surface area (Å²) in [5, 5.41) is 4.24. The van der Waals surface area contributed by atoms with Gasteiger partial charge < -0.3 is 9.47 Å². The molecule has 0 atom stereocenters. The maximum Gasteiger partial charge on any atom is 0.161 e. The fourth-order valence-electron chi connectivity index (χ4n) is 1.83. The smallest absolute Gasteiger partial charge is 0.161 e. The Bertz CT molecular complexity index is 525. The van der Waals surface area contributed by atoms with Crippen molar-refractivity contribution >= 4 is 11.6 Å². The predicted molar refractivity (Wildman–Crippen MR) is 71.5 cm³/mol. The number of ether oxygens (including phenoxy) is 2. The number of nitrogens with zero attached hydrogens (tertiary/aromatic N) is 2. The molecular weight excluding hydrogens is 252 g/mol. The van der Waals surface area contributed by atoms with Gasteiger partial charge in [-0.1, -0.05) is 0 Å². The van der Waals surface area contributed by atoms with E-state index in [-0.39, 0.29) is 0 Å². The Morgan fingerprint density at radius 2 is 1.94 bits per heavy atom. The highest BCUT2D eigenvalue weighted by molar-refractivity contribution is 6.17. The van der Waals surface area contributed by atoms with Crippen LogP contribution in [0.25, 0.3) is 11.3 Å². The predicted octanol–water partition coefficient (Wildman–Crippen LogP) is 2.81. The molecule has 96 valence electrons. The molecule has 1 aromatic heterocycles. The maximum atomic E-state index is 5.75. The number of aryl methyl sites for hydroxylation is 1. The molecule has 5 heteroatoms. The van der Waals surface area contributed by atoms with E-state index in [2.05, 4.69) is 5.10 Å². The second kappa shape index (κ2) is 5.78. The van der Waals surface area contributed by atoms with Gasteiger partial charge in [-0.15, -0.1) is 11.6 Å². The number of halogens is 1. The molecule has 0 N–H and O–H groups in total. The second-order valence-corrected chi connectivity index (χ2v) is 4.08. The van der Waals surface area contributed by atoms with Gasteiger partial charge in [-0.05, 0) is 24.3 Å². The summed E-state index contributed by atoms with van der Waals surface area (Å²) in [5.41, 5.74) is 2.03. The molecule has 2 aromatic rings. The van der Waals surface area contributed by atoms with E-state index in [1.165, 1.54) is 0 Å². The Morgan fingerprint density at radius 1 is 1.17 bits per heavy atom. The molecule has 0 aliphatic heterocycles. The fourth-order valence-corrected chi connectivity index (χ4v) is 1.99. The molecule has 0 aliphatic rings. The van der Waals surface area contributed by atoms with Gasteiger partial charge in [0.15, 0.2) is 11.5 Å². The summed E-state index contributed by atoms with van der Waals surface area (Å²) in [6, 6.07) is 7.74. The molecular formula is C13H15ClN2O2. The third kappa shape index (κ3) is 2.43. The maximum absolute atomic E-state index is 5.75. The van der Waals surface area contributed by atoms with Crippen molar-refractivity contribution in [3.63, 3.8) is 0 Å². The van der Waals surface area contributed by atoms with E-state index in [1.54, 1.807) is 20.4 Å². The van der Waals surface area contributed by atoms with Gasteiger partial charge in [0.25, 0.3) is 0 Å². The molecule has 2 rings (SSSR count). The molecule has 1 aromatic carbocycles. The highest BCUT2D eigenvalue weighted by atomic mass is 35.5. The Balaban J connectivity index is 2.41. The van der Waals surface area contributed by atoms with E-state index in [4.69, 9.17) is 21.1 Å². The highest BCUT2D eigenvalue weighted by Crippen LogP contribution is 2.32. The summed E-state index contributed by atoms with van der Waals surface area (Å²) in [6.07, 6.45) is 1.76. The molecule has 0 unspecified atom stereocenters. The summed E-state index contributed by atoms with van der Waals surface area (Å²) in [4.78, 5) is 0.